The number of thioether (sulfide) groups is 1. The number of β-lactam (4-membered cyclic amide) rings is 1. The van der Waals surface area contributed by atoms with Gasteiger partial charge in [-0.05, 0) is 13.3 Å². The SMILES string of the molecule is C[C@@H](O)[C@H]1C(=O)N2C(C(=O)O)=C(SC3COC(CN=CN(C)C)C3)[C@H](C)[C@H]12. The van der Waals surface area contributed by atoms with Crippen LogP contribution >= 0.6 is 11.8 Å². The molecule has 1 amide bonds. The summed E-state index contributed by atoms with van der Waals surface area (Å²) >= 11 is 1.50. The van der Waals surface area contributed by atoms with Gasteiger partial charge in [-0.1, -0.05) is 6.92 Å². The minimum Gasteiger partial charge on any atom is -0.477 e. The van der Waals surface area contributed by atoms with E-state index in [1.165, 1.54) is 16.7 Å². The van der Waals surface area contributed by atoms with Crippen molar-refractivity contribution in [2.24, 2.45) is 16.8 Å². The van der Waals surface area contributed by atoms with Crippen LogP contribution in [0.2, 0.25) is 0 Å². The molecule has 2 saturated heterocycles. The maximum atomic E-state index is 12.4. The highest BCUT2D eigenvalue weighted by Crippen LogP contribution is 2.52. The average molecular weight is 397 g/mol. The average Bonchev–Trinajstić information content (AvgIpc) is 3.09. The smallest absolute Gasteiger partial charge is 0.353 e. The van der Waals surface area contributed by atoms with Crippen LogP contribution in [-0.2, 0) is 14.3 Å². The zero-order chi connectivity index (χ0) is 19.9. The van der Waals surface area contributed by atoms with Crippen LogP contribution in [0.5, 0.6) is 0 Å². The number of rotatable bonds is 7. The van der Waals surface area contributed by atoms with Gasteiger partial charge in [-0.2, -0.15) is 0 Å². The van der Waals surface area contributed by atoms with Crippen molar-refractivity contribution < 1.29 is 24.5 Å². The van der Waals surface area contributed by atoms with E-state index in [4.69, 9.17) is 4.74 Å². The van der Waals surface area contributed by atoms with E-state index in [1.807, 2.05) is 25.9 Å². The van der Waals surface area contributed by atoms with Crippen LogP contribution in [0.4, 0.5) is 0 Å². The summed E-state index contributed by atoms with van der Waals surface area (Å²) in [5.41, 5.74) is 0.0773. The molecule has 0 radical (unpaired) electrons. The minimum atomic E-state index is -1.09. The van der Waals surface area contributed by atoms with E-state index in [9.17, 15) is 19.8 Å². The summed E-state index contributed by atoms with van der Waals surface area (Å²) in [5, 5.41) is 19.7. The van der Waals surface area contributed by atoms with Gasteiger partial charge in [0.2, 0.25) is 5.91 Å². The monoisotopic (exact) mass is 397 g/mol. The molecule has 0 aromatic carbocycles. The van der Waals surface area contributed by atoms with Gasteiger partial charge in [0.15, 0.2) is 0 Å². The third-order valence-electron chi connectivity index (χ3n) is 5.27. The van der Waals surface area contributed by atoms with E-state index in [0.717, 1.165) is 11.3 Å². The molecule has 3 heterocycles. The van der Waals surface area contributed by atoms with Crippen molar-refractivity contribution in [2.75, 3.05) is 27.2 Å². The van der Waals surface area contributed by atoms with Gasteiger partial charge in [0, 0.05) is 30.2 Å². The zero-order valence-corrected chi connectivity index (χ0v) is 16.8. The lowest BCUT2D eigenvalue weighted by molar-refractivity contribution is -0.163. The van der Waals surface area contributed by atoms with Crippen LogP contribution in [0.15, 0.2) is 15.6 Å². The Bertz CT molecular complexity index is 678. The lowest BCUT2D eigenvalue weighted by atomic mass is 9.79. The molecule has 9 heteroatoms. The van der Waals surface area contributed by atoms with Crippen LogP contribution in [0.3, 0.4) is 0 Å². The Labute approximate surface area is 163 Å². The molecular weight excluding hydrogens is 370 g/mol. The van der Waals surface area contributed by atoms with E-state index in [-0.39, 0.29) is 34.9 Å². The second kappa shape index (κ2) is 7.81. The molecule has 0 spiro atoms. The summed E-state index contributed by atoms with van der Waals surface area (Å²) in [4.78, 5) is 32.5. The van der Waals surface area contributed by atoms with Gasteiger partial charge in [0.05, 0.1) is 43.7 Å². The predicted octanol–water partition coefficient (Wildman–Crippen LogP) is 0.621. The van der Waals surface area contributed by atoms with Crippen molar-refractivity contribution in [3.63, 3.8) is 0 Å². The number of hydrogen-bond donors (Lipinski definition) is 2. The van der Waals surface area contributed by atoms with Crippen LogP contribution < -0.4 is 0 Å². The molecular formula is C18H27N3O5S. The number of amides is 1. The molecule has 0 aliphatic carbocycles. The minimum absolute atomic E-state index is 0.0214. The lowest BCUT2D eigenvalue weighted by Crippen LogP contribution is -2.63. The van der Waals surface area contributed by atoms with Crippen molar-refractivity contribution in [1.29, 1.82) is 0 Å². The molecule has 8 nitrogen and oxygen atoms in total. The Morgan fingerprint density at radius 2 is 2.22 bits per heavy atom. The quantitative estimate of drug-likeness (QED) is 0.369. The third kappa shape index (κ3) is 3.72. The highest BCUT2D eigenvalue weighted by molar-refractivity contribution is 8.03. The second-order valence-corrected chi connectivity index (χ2v) is 8.99. The van der Waals surface area contributed by atoms with Crippen LogP contribution in [-0.4, -0.2) is 89.0 Å². The van der Waals surface area contributed by atoms with Gasteiger partial charge in [0.25, 0.3) is 0 Å². The van der Waals surface area contributed by atoms with E-state index < -0.39 is 18.0 Å². The molecule has 2 unspecified atom stereocenters. The number of aliphatic hydroxyl groups excluding tert-OH is 1. The number of fused-ring (bicyclic) bond motifs is 1. The Morgan fingerprint density at radius 1 is 1.52 bits per heavy atom. The molecule has 2 fully saturated rings. The number of nitrogens with zero attached hydrogens (tertiary/aromatic N) is 3. The van der Waals surface area contributed by atoms with E-state index >= 15 is 0 Å². The summed E-state index contributed by atoms with van der Waals surface area (Å²) in [6, 6.07) is -0.270. The van der Waals surface area contributed by atoms with Gasteiger partial charge < -0.3 is 24.7 Å². The van der Waals surface area contributed by atoms with Gasteiger partial charge >= 0.3 is 5.97 Å². The first-order chi connectivity index (χ1) is 12.7. The molecule has 2 N–H and O–H groups in total. The first kappa shape index (κ1) is 20.2. The Balaban J connectivity index is 1.69. The van der Waals surface area contributed by atoms with E-state index in [2.05, 4.69) is 4.99 Å². The molecule has 0 aromatic rings. The number of aliphatic hydroxyl groups is 1. The van der Waals surface area contributed by atoms with Crippen molar-refractivity contribution >= 4 is 30.0 Å². The van der Waals surface area contributed by atoms with Crippen molar-refractivity contribution in [1.82, 2.24) is 9.80 Å². The summed E-state index contributed by atoms with van der Waals surface area (Å²) in [6.45, 7) is 4.63. The summed E-state index contributed by atoms with van der Waals surface area (Å²) < 4.78 is 5.79. The highest BCUT2D eigenvalue weighted by Gasteiger charge is 2.60. The molecule has 6 atom stereocenters. The van der Waals surface area contributed by atoms with E-state index in [1.54, 1.807) is 13.3 Å². The normalized spacial score (nSPS) is 34.2. The Hall–Kier alpha value is -1.58. The number of carboxylic acid groups (broad SMARTS) is 1. The molecule has 3 rings (SSSR count). The summed E-state index contributed by atoms with van der Waals surface area (Å²) in [6.07, 6.45) is 1.78. The Kier molecular flexibility index (Phi) is 5.83. The van der Waals surface area contributed by atoms with Crippen LogP contribution in [0, 0.1) is 11.8 Å². The third-order valence-corrected chi connectivity index (χ3v) is 6.75. The number of carbonyl (C=O) groups excluding carboxylic acids is 1. The molecule has 0 bridgehead atoms. The van der Waals surface area contributed by atoms with Gasteiger partial charge in [-0.3, -0.25) is 9.79 Å². The largest absolute Gasteiger partial charge is 0.477 e. The molecule has 3 aliphatic rings. The lowest BCUT2D eigenvalue weighted by Gasteiger charge is -2.46. The standard InChI is InChI=1S/C18H27N3O5S/c1-9-14-13(10(2)22)17(23)21(14)15(18(24)25)16(9)27-12-5-11(26-7-12)6-19-8-20(3)4/h8-14,22H,5-7H2,1-4H3,(H,24,25)/t9-,10-,11?,12?,13-,14-/m1/s1. The summed E-state index contributed by atoms with van der Waals surface area (Å²) in [5.74, 6) is -2.02. The zero-order valence-electron chi connectivity index (χ0n) is 16.0. The van der Waals surface area contributed by atoms with Crippen LogP contribution in [0.1, 0.15) is 20.3 Å². The van der Waals surface area contributed by atoms with Crippen molar-refractivity contribution in [2.45, 2.75) is 43.8 Å². The van der Waals surface area contributed by atoms with Gasteiger partial charge in [0.1, 0.15) is 5.70 Å². The maximum absolute atomic E-state index is 12.4. The molecule has 150 valence electrons. The molecule has 0 saturated carbocycles. The number of carbonyl (C=O) groups is 2. The predicted molar refractivity (Wildman–Crippen MR) is 102 cm³/mol. The second-order valence-electron chi connectivity index (χ2n) is 7.65. The number of hydrogen-bond acceptors (Lipinski definition) is 6. The van der Waals surface area contributed by atoms with E-state index in [0.29, 0.717) is 13.2 Å². The number of aliphatic imine (C=N–C) groups is 1. The molecule has 27 heavy (non-hydrogen) atoms. The highest BCUT2D eigenvalue weighted by atomic mass is 32.2. The van der Waals surface area contributed by atoms with Crippen molar-refractivity contribution in [3.05, 3.63) is 10.6 Å². The number of carboxylic acids is 1. The fourth-order valence-electron chi connectivity index (χ4n) is 4.07. The molecule has 3 aliphatic heterocycles. The number of aliphatic carboxylic acids is 1. The maximum Gasteiger partial charge on any atom is 0.353 e. The molecule has 0 aromatic heterocycles. The first-order valence-corrected chi connectivity index (χ1v) is 10.0. The first-order valence-electron chi connectivity index (χ1n) is 9.15. The van der Waals surface area contributed by atoms with Gasteiger partial charge in [-0.15, -0.1) is 11.8 Å². The fraction of sp³-hybridized carbons (Fsp3) is 0.722. The fourth-order valence-corrected chi connectivity index (χ4v) is 5.54. The number of ether oxygens (including phenoxy) is 1. The van der Waals surface area contributed by atoms with Crippen molar-refractivity contribution in [3.8, 4) is 0 Å². The topological polar surface area (TPSA) is 103 Å². The Morgan fingerprint density at radius 3 is 2.81 bits per heavy atom. The van der Waals surface area contributed by atoms with Crippen LogP contribution in [0.25, 0.3) is 0 Å². The summed E-state index contributed by atoms with van der Waals surface area (Å²) in [7, 11) is 3.81. The van der Waals surface area contributed by atoms with Gasteiger partial charge in [-0.25, -0.2) is 4.79 Å².